The number of rotatable bonds is 5. The number of fused-ring (bicyclic) bond motifs is 3. The minimum atomic E-state index is -4.83. The Balaban J connectivity index is 1.74. The molecule has 0 bridgehead atoms. The Kier molecular flexibility index (Phi) is 4.80. The first-order valence-electron chi connectivity index (χ1n) is 9.14. The molecule has 0 unspecified atom stereocenters. The number of para-hydroxylation sites is 2. The maximum absolute atomic E-state index is 12.7. The first-order chi connectivity index (χ1) is 14.3. The summed E-state index contributed by atoms with van der Waals surface area (Å²) in [6, 6.07) is 5.61. The van der Waals surface area contributed by atoms with Crippen molar-refractivity contribution in [3.05, 3.63) is 47.3 Å². The molecule has 1 aromatic carbocycles. The molecule has 2 heterocycles. The predicted molar refractivity (Wildman–Crippen MR) is 101 cm³/mol. The van der Waals surface area contributed by atoms with Crippen molar-refractivity contribution in [2.45, 2.75) is 32.7 Å². The SMILES string of the molecule is CCn1nc(C(N)=O)c2c1-c1nc(Nc3ccccc3OC(F)(F)F)ncc1CC2. The summed E-state index contributed by atoms with van der Waals surface area (Å²) in [4.78, 5) is 20.5. The second kappa shape index (κ2) is 7.32. The van der Waals surface area contributed by atoms with Gasteiger partial charge in [-0.1, -0.05) is 12.1 Å². The van der Waals surface area contributed by atoms with Gasteiger partial charge in [-0.05, 0) is 37.5 Å². The smallest absolute Gasteiger partial charge is 0.404 e. The molecule has 0 saturated heterocycles. The van der Waals surface area contributed by atoms with Crippen LogP contribution in [0.4, 0.5) is 24.8 Å². The maximum atomic E-state index is 12.7. The number of primary amides is 1. The molecule has 1 aliphatic rings. The van der Waals surface area contributed by atoms with Gasteiger partial charge in [0.25, 0.3) is 5.91 Å². The van der Waals surface area contributed by atoms with Crippen LogP contribution in [0, 0.1) is 0 Å². The van der Waals surface area contributed by atoms with Crippen LogP contribution in [0.5, 0.6) is 5.75 Å². The lowest BCUT2D eigenvalue weighted by Gasteiger charge is -2.18. The zero-order valence-electron chi connectivity index (χ0n) is 15.8. The summed E-state index contributed by atoms with van der Waals surface area (Å²) in [6.45, 7) is 2.36. The summed E-state index contributed by atoms with van der Waals surface area (Å²) < 4.78 is 43.7. The molecular weight excluding hydrogens is 401 g/mol. The van der Waals surface area contributed by atoms with Crippen molar-refractivity contribution in [3.63, 3.8) is 0 Å². The monoisotopic (exact) mass is 418 g/mol. The molecule has 3 N–H and O–H groups in total. The maximum Gasteiger partial charge on any atom is 0.573 e. The van der Waals surface area contributed by atoms with Gasteiger partial charge in [0.1, 0.15) is 0 Å². The highest BCUT2D eigenvalue weighted by atomic mass is 19.4. The Bertz CT molecular complexity index is 1130. The van der Waals surface area contributed by atoms with Gasteiger partial charge in [-0.2, -0.15) is 5.10 Å². The second-order valence-electron chi connectivity index (χ2n) is 6.59. The number of hydrogen-bond donors (Lipinski definition) is 2. The second-order valence-corrected chi connectivity index (χ2v) is 6.59. The topological polar surface area (TPSA) is 108 Å². The molecule has 30 heavy (non-hydrogen) atoms. The number of carbonyl (C=O) groups excluding carboxylic acids is 1. The van der Waals surface area contributed by atoms with Crippen molar-refractivity contribution in [1.29, 1.82) is 0 Å². The quantitative estimate of drug-likeness (QED) is 0.659. The van der Waals surface area contributed by atoms with Crippen molar-refractivity contribution < 1.29 is 22.7 Å². The Labute approximate surface area is 168 Å². The number of aromatic nitrogens is 4. The number of ether oxygens (including phenoxy) is 1. The standard InChI is InChI=1S/C19H17F3N6O2/c1-2-28-16-11(15(27-28)17(23)29)8-7-10-9-24-18(26-14(10)16)25-12-5-3-4-6-13(12)30-19(20,21)22/h3-6,9H,2,7-8H2,1H3,(H2,23,29)(H,24,25,26). The van der Waals surface area contributed by atoms with Crippen LogP contribution in [0.2, 0.25) is 0 Å². The number of aryl methyl sites for hydroxylation is 2. The van der Waals surface area contributed by atoms with E-state index in [1.807, 2.05) is 6.92 Å². The first-order valence-corrected chi connectivity index (χ1v) is 9.14. The number of amides is 1. The highest BCUT2D eigenvalue weighted by Gasteiger charge is 2.32. The number of carbonyl (C=O) groups is 1. The Morgan fingerprint density at radius 2 is 2.07 bits per heavy atom. The lowest BCUT2D eigenvalue weighted by molar-refractivity contribution is -0.274. The van der Waals surface area contributed by atoms with Crippen molar-refractivity contribution in [2.75, 3.05) is 5.32 Å². The predicted octanol–water partition coefficient (Wildman–Crippen LogP) is 3.20. The van der Waals surface area contributed by atoms with E-state index >= 15 is 0 Å². The van der Waals surface area contributed by atoms with Crippen LogP contribution in [0.15, 0.2) is 30.5 Å². The number of hydrogen-bond acceptors (Lipinski definition) is 6. The number of benzene rings is 1. The van der Waals surface area contributed by atoms with Crippen LogP contribution in [-0.4, -0.2) is 32.0 Å². The molecule has 156 valence electrons. The van der Waals surface area contributed by atoms with E-state index in [0.29, 0.717) is 36.3 Å². The zero-order chi connectivity index (χ0) is 21.5. The van der Waals surface area contributed by atoms with Crippen molar-refractivity contribution in [2.24, 2.45) is 5.73 Å². The molecule has 0 radical (unpaired) electrons. The molecule has 0 aliphatic heterocycles. The molecule has 3 aromatic rings. The van der Waals surface area contributed by atoms with Gasteiger partial charge >= 0.3 is 6.36 Å². The van der Waals surface area contributed by atoms with Gasteiger partial charge in [0, 0.05) is 18.3 Å². The fourth-order valence-electron chi connectivity index (χ4n) is 3.45. The number of halogens is 3. The molecule has 0 fully saturated rings. The number of nitrogens with two attached hydrogens (primary N) is 1. The first kappa shape index (κ1) is 19.7. The average molecular weight is 418 g/mol. The van der Waals surface area contributed by atoms with E-state index in [4.69, 9.17) is 5.73 Å². The van der Waals surface area contributed by atoms with Gasteiger partial charge in [0.15, 0.2) is 11.4 Å². The normalized spacial score (nSPS) is 12.8. The fourth-order valence-corrected chi connectivity index (χ4v) is 3.45. The van der Waals surface area contributed by atoms with Gasteiger partial charge in [0.05, 0.1) is 17.1 Å². The minimum absolute atomic E-state index is 0.0626. The van der Waals surface area contributed by atoms with Crippen LogP contribution in [-0.2, 0) is 19.4 Å². The van der Waals surface area contributed by atoms with E-state index in [-0.39, 0.29) is 17.3 Å². The van der Waals surface area contributed by atoms with Crippen molar-refractivity contribution >= 4 is 17.5 Å². The number of alkyl halides is 3. The van der Waals surface area contributed by atoms with E-state index in [2.05, 4.69) is 25.1 Å². The van der Waals surface area contributed by atoms with Crippen molar-refractivity contribution in [3.8, 4) is 17.1 Å². The Hall–Kier alpha value is -3.63. The van der Waals surface area contributed by atoms with E-state index in [1.54, 1.807) is 16.9 Å². The van der Waals surface area contributed by atoms with Crippen LogP contribution in [0.3, 0.4) is 0 Å². The lowest BCUT2D eigenvalue weighted by Crippen LogP contribution is -2.18. The number of nitrogens with zero attached hydrogens (tertiary/aromatic N) is 4. The van der Waals surface area contributed by atoms with E-state index in [9.17, 15) is 18.0 Å². The Morgan fingerprint density at radius 1 is 1.30 bits per heavy atom. The van der Waals surface area contributed by atoms with Gasteiger partial charge < -0.3 is 15.8 Å². The average Bonchev–Trinajstić information content (AvgIpc) is 3.08. The third-order valence-corrected chi connectivity index (χ3v) is 4.68. The summed E-state index contributed by atoms with van der Waals surface area (Å²) in [6.07, 6.45) is -2.06. The third kappa shape index (κ3) is 3.65. The van der Waals surface area contributed by atoms with Gasteiger partial charge in [0.2, 0.25) is 5.95 Å². The highest BCUT2D eigenvalue weighted by molar-refractivity contribution is 5.94. The van der Waals surface area contributed by atoms with Crippen molar-refractivity contribution in [1.82, 2.24) is 19.7 Å². The largest absolute Gasteiger partial charge is 0.573 e. The number of nitrogens with one attached hydrogen (secondary N) is 1. The van der Waals surface area contributed by atoms with Crippen LogP contribution >= 0.6 is 0 Å². The highest BCUT2D eigenvalue weighted by Crippen LogP contribution is 2.36. The lowest BCUT2D eigenvalue weighted by atomic mass is 9.93. The third-order valence-electron chi connectivity index (χ3n) is 4.68. The van der Waals surface area contributed by atoms with Crippen LogP contribution < -0.4 is 15.8 Å². The molecule has 0 saturated carbocycles. The molecule has 1 aliphatic carbocycles. The minimum Gasteiger partial charge on any atom is -0.404 e. The van der Waals surface area contributed by atoms with E-state index < -0.39 is 18.0 Å². The number of anilines is 2. The molecule has 11 heteroatoms. The zero-order valence-corrected chi connectivity index (χ0v) is 15.8. The summed E-state index contributed by atoms with van der Waals surface area (Å²) in [5.41, 5.74) is 8.51. The molecule has 8 nitrogen and oxygen atoms in total. The molecular formula is C19H17F3N6O2. The molecule has 0 spiro atoms. The van der Waals surface area contributed by atoms with Crippen LogP contribution in [0.1, 0.15) is 28.5 Å². The summed E-state index contributed by atoms with van der Waals surface area (Å²) in [7, 11) is 0. The van der Waals surface area contributed by atoms with E-state index in [1.165, 1.54) is 18.2 Å². The van der Waals surface area contributed by atoms with Gasteiger partial charge in [-0.15, -0.1) is 13.2 Å². The molecule has 1 amide bonds. The summed E-state index contributed by atoms with van der Waals surface area (Å²) in [5, 5.41) is 7.07. The van der Waals surface area contributed by atoms with Gasteiger partial charge in [-0.25, -0.2) is 9.97 Å². The van der Waals surface area contributed by atoms with Gasteiger partial charge in [-0.3, -0.25) is 9.48 Å². The summed E-state index contributed by atoms with van der Waals surface area (Å²) in [5.74, 6) is -0.932. The van der Waals surface area contributed by atoms with Crippen LogP contribution in [0.25, 0.3) is 11.4 Å². The summed E-state index contributed by atoms with van der Waals surface area (Å²) >= 11 is 0. The van der Waals surface area contributed by atoms with E-state index in [0.717, 1.165) is 5.56 Å². The fraction of sp³-hybridized carbons (Fsp3) is 0.263. The molecule has 0 atom stereocenters. The molecule has 2 aromatic heterocycles. The Morgan fingerprint density at radius 3 is 2.77 bits per heavy atom. The molecule has 4 rings (SSSR count).